The molecule has 0 saturated heterocycles. The molecule has 170 valence electrons. The Morgan fingerprint density at radius 1 is 1.09 bits per heavy atom. The lowest BCUT2D eigenvalue weighted by Gasteiger charge is -2.20. The minimum atomic E-state index is -0.518. The first kappa shape index (κ1) is 21.8. The molecule has 0 N–H and O–H groups in total. The van der Waals surface area contributed by atoms with Crippen molar-refractivity contribution in [3.8, 4) is 11.1 Å². The third kappa shape index (κ3) is 3.92. The summed E-state index contributed by atoms with van der Waals surface area (Å²) in [5.74, 6) is 0. The Morgan fingerprint density at radius 3 is 2.65 bits per heavy atom. The number of aromatic nitrogens is 2. The molecule has 2 aromatic carbocycles. The predicted molar refractivity (Wildman–Crippen MR) is 138 cm³/mol. The van der Waals surface area contributed by atoms with Crippen molar-refractivity contribution in [2.75, 3.05) is 18.0 Å². The lowest BCUT2D eigenvalue weighted by Crippen LogP contribution is -2.21. The number of rotatable bonds is 6. The van der Waals surface area contributed by atoms with E-state index in [4.69, 9.17) is 4.42 Å². The van der Waals surface area contributed by atoms with Gasteiger partial charge in [0.05, 0.1) is 17.2 Å². The molecule has 8 heteroatoms. The number of thiophene rings is 1. The summed E-state index contributed by atoms with van der Waals surface area (Å²) in [6.45, 7) is 5.88. The minimum absolute atomic E-state index is 0.253. The van der Waals surface area contributed by atoms with E-state index in [1.54, 1.807) is 6.07 Å². The fourth-order valence-electron chi connectivity index (χ4n) is 3.95. The number of fused-ring (bicyclic) bond motifs is 2. The summed E-state index contributed by atoms with van der Waals surface area (Å²) in [7, 11) is 0. The summed E-state index contributed by atoms with van der Waals surface area (Å²) in [5.41, 5.74) is 2.70. The summed E-state index contributed by atoms with van der Waals surface area (Å²) in [6, 6.07) is 17.2. The first-order chi connectivity index (χ1) is 16.6. The maximum absolute atomic E-state index is 13.2. The molecule has 0 unspecified atom stereocenters. The van der Waals surface area contributed by atoms with E-state index in [0.29, 0.717) is 15.8 Å². The first-order valence-electron chi connectivity index (χ1n) is 11.0. The summed E-state index contributed by atoms with van der Waals surface area (Å²) in [6.07, 6.45) is 2.71. The SMILES string of the molecule is CCN(CC)c1ccc2cc(/C=N/n3cnc4scc(-c5ccccc5)c4c3=O)c(=O)oc2c1. The van der Waals surface area contributed by atoms with Gasteiger partial charge in [-0.15, -0.1) is 11.3 Å². The summed E-state index contributed by atoms with van der Waals surface area (Å²) >= 11 is 1.41. The first-order valence-corrected chi connectivity index (χ1v) is 11.9. The molecule has 0 aliphatic rings. The van der Waals surface area contributed by atoms with Crippen LogP contribution in [0.15, 0.2) is 85.4 Å². The van der Waals surface area contributed by atoms with Crippen LogP contribution in [0.4, 0.5) is 5.69 Å². The zero-order valence-corrected chi connectivity index (χ0v) is 19.6. The second kappa shape index (κ2) is 9.07. The van der Waals surface area contributed by atoms with Gasteiger partial charge in [-0.3, -0.25) is 4.79 Å². The Morgan fingerprint density at radius 2 is 1.88 bits per heavy atom. The molecule has 0 bridgehead atoms. The fraction of sp³-hybridized carbons (Fsp3) is 0.154. The van der Waals surface area contributed by atoms with E-state index < -0.39 is 5.63 Å². The van der Waals surface area contributed by atoms with Crippen molar-refractivity contribution < 1.29 is 4.42 Å². The van der Waals surface area contributed by atoms with Gasteiger partial charge in [-0.05, 0) is 37.6 Å². The van der Waals surface area contributed by atoms with Crippen LogP contribution in [0.1, 0.15) is 19.4 Å². The van der Waals surface area contributed by atoms with E-state index >= 15 is 0 Å². The van der Waals surface area contributed by atoms with Crippen LogP contribution >= 0.6 is 11.3 Å². The van der Waals surface area contributed by atoms with E-state index in [0.717, 1.165) is 40.0 Å². The lowest BCUT2D eigenvalue weighted by molar-refractivity contribution is 0.559. The van der Waals surface area contributed by atoms with Crippen LogP contribution in [0.25, 0.3) is 32.3 Å². The highest BCUT2D eigenvalue weighted by Gasteiger charge is 2.13. The second-order valence-electron chi connectivity index (χ2n) is 7.72. The fourth-order valence-corrected chi connectivity index (χ4v) is 4.86. The average Bonchev–Trinajstić information content (AvgIpc) is 3.30. The molecule has 3 aromatic heterocycles. The molecule has 5 rings (SSSR count). The van der Waals surface area contributed by atoms with E-state index in [2.05, 4.69) is 28.8 Å². The molecule has 0 atom stereocenters. The van der Waals surface area contributed by atoms with Gasteiger partial charge >= 0.3 is 5.63 Å². The van der Waals surface area contributed by atoms with Crippen molar-refractivity contribution >= 4 is 44.4 Å². The Bertz CT molecular complexity index is 1630. The largest absolute Gasteiger partial charge is 0.422 e. The second-order valence-corrected chi connectivity index (χ2v) is 8.58. The van der Waals surface area contributed by atoms with E-state index in [9.17, 15) is 9.59 Å². The normalized spacial score (nSPS) is 11.6. The van der Waals surface area contributed by atoms with Crippen molar-refractivity contribution in [3.63, 3.8) is 0 Å². The molecular weight excluding hydrogens is 448 g/mol. The van der Waals surface area contributed by atoms with Gasteiger partial charge in [-0.2, -0.15) is 9.78 Å². The van der Waals surface area contributed by atoms with E-state index in [1.807, 2.05) is 53.9 Å². The van der Waals surface area contributed by atoms with Gasteiger partial charge in [0.25, 0.3) is 5.56 Å². The van der Waals surface area contributed by atoms with Gasteiger partial charge < -0.3 is 9.32 Å². The van der Waals surface area contributed by atoms with Gasteiger partial charge in [0.1, 0.15) is 16.7 Å². The lowest BCUT2D eigenvalue weighted by atomic mass is 10.1. The topological polar surface area (TPSA) is 80.7 Å². The monoisotopic (exact) mass is 470 g/mol. The Balaban J connectivity index is 1.53. The van der Waals surface area contributed by atoms with Gasteiger partial charge in [0.15, 0.2) is 0 Å². The van der Waals surface area contributed by atoms with Gasteiger partial charge in [0.2, 0.25) is 0 Å². The van der Waals surface area contributed by atoms with Crippen molar-refractivity contribution in [3.05, 3.63) is 92.6 Å². The highest BCUT2D eigenvalue weighted by atomic mass is 32.1. The third-order valence-corrected chi connectivity index (χ3v) is 6.65. The molecule has 0 aliphatic heterocycles. The van der Waals surface area contributed by atoms with Gasteiger partial charge in [0, 0.05) is 41.2 Å². The van der Waals surface area contributed by atoms with Crippen LogP contribution < -0.4 is 16.1 Å². The predicted octanol–water partition coefficient (Wildman–Crippen LogP) is 4.96. The minimum Gasteiger partial charge on any atom is -0.422 e. The molecular formula is C26H22N4O3S. The van der Waals surface area contributed by atoms with E-state index in [-0.39, 0.29) is 11.1 Å². The standard InChI is InChI=1S/C26H22N4O3S/c1-3-29(4-2)20-11-10-18-12-19(26(32)33-22(18)13-20)14-28-30-16-27-24-23(25(30)31)21(15-34-24)17-8-6-5-7-9-17/h5-16H,3-4H2,1-2H3/b28-14+. The number of anilines is 1. The van der Waals surface area contributed by atoms with Crippen molar-refractivity contribution in [1.82, 2.24) is 9.66 Å². The maximum atomic E-state index is 13.2. The van der Waals surface area contributed by atoms with Crippen molar-refractivity contribution in [2.24, 2.45) is 5.10 Å². The smallest absolute Gasteiger partial charge is 0.345 e. The maximum Gasteiger partial charge on any atom is 0.345 e. The highest BCUT2D eigenvalue weighted by Crippen LogP contribution is 2.30. The molecule has 0 saturated carbocycles. The van der Waals surface area contributed by atoms with Crippen LogP contribution in [-0.4, -0.2) is 29.0 Å². The quantitative estimate of drug-likeness (QED) is 0.259. The Kier molecular flexibility index (Phi) is 5.81. The van der Waals surface area contributed by atoms with Crippen molar-refractivity contribution in [1.29, 1.82) is 0 Å². The molecule has 0 radical (unpaired) electrons. The molecule has 0 spiro atoms. The van der Waals surface area contributed by atoms with Crippen molar-refractivity contribution in [2.45, 2.75) is 13.8 Å². The van der Waals surface area contributed by atoms with Crippen LogP contribution in [0.2, 0.25) is 0 Å². The van der Waals surface area contributed by atoms with Crippen LogP contribution in [0.5, 0.6) is 0 Å². The molecule has 0 amide bonds. The molecule has 34 heavy (non-hydrogen) atoms. The molecule has 0 aliphatic carbocycles. The number of hydrogen-bond donors (Lipinski definition) is 0. The summed E-state index contributed by atoms with van der Waals surface area (Å²) < 4.78 is 6.70. The number of benzene rings is 2. The molecule has 5 aromatic rings. The van der Waals surface area contributed by atoms with Gasteiger partial charge in [-0.1, -0.05) is 30.3 Å². The zero-order chi connectivity index (χ0) is 23.7. The van der Waals surface area contributed by atoms with E-state index in [1.165, 1.54) is 23.9 Å². The molecule has 0 fully saturated rings. The number of hydrogen-bond acceptors (Lipinski definition) is 7. The van der Waals surface area contributed by atoms with Crippen LogP contribution in [0.3, 0.4) is 0 Å². The summed E-state index contributed by atoms with van der Waals surface area (Å²) in [5, 5.41) is 7.44. The Hall–Kier alpha value is -4.04. The molecule has 7 nitrogen and oxygen atoms in total. The highest BCUT2D eigenvalue weighted by molar-refractivity contribution is 7.17. The van der Waals surface area contributed by atoms with Gasteiger partial charge in [-0.25, -0.2) is 9.78 Å². The molecule has 3 heterocycles. The third-order valence-electron chi connectivity index (χ3n) is 5.76. The zero-order valence-electron chi connectivity index (χ0n) is 18.8. The number of nitrogens with zero attached hydrogens (tertiary/aromatic N) is 4. The average molecular weight is 471 g/mol. The summed E-state index contributed by atoms with van der Waals surface area (Å²) in [4.78, 5) is 33.0. The Labute approximate surface area is 199 Å². The van der Waals surface area contributed by atoms with Crippen LogP contribution in [-0.2, 0) is 0 Å². The van der Waals surface area contributed by atoms with Crippen LogP contribution in [0, 0.1) is 0 Å².